The predicted octanol–water partition coefficient (Wildman–Crippen LogP) is 2.11. The molecule has 1 N–H and O–H groups in total. The Morgan fingerprint density at radius 3 is 2.43 bits per heavy atom. The van der Waals surface area contributed by atoms with E-state index < -0.39 is 5.97 Å². The van der Waals surface area contributed by atoms with Gasteiger partial charge in [-0.3, -0.25) is 9.59 Å². The number of allylic oxidation sites excluding steroid dienone is 5. The van der Waals surface area contributed by atoms with E-state index >= 15 is 0 Å². The van der Waals surface area contributed by atoms with Crippen molar-refractivity contribution in [1.29, 1.82) is 0 Å². The lowest BCUT2D eigenvalue weighted by molar-refractivity contribution is -0.138. The Kier molecular flexibility index (Phi) is 6.03. The first-order valence-corrected chi connectivity index (χ1v) is 4.32. The van der Waals surface area contributed by atoms with Gasteiger partial charge < -0.3 is 5.11 Å². The van der Waals surface area contributed by atoms with Gasteiger partial charge in [0.15, 0.2) is 5.78 Å². The Labute approximate surface area is 83.4 Å². The second-order valence-corrected chi connectivity index (χ2v) is 2.67. The van der Waals surface area contributed by atoms with Crippen LogP contribution in [0.15, 0.2) is 36.5 Å². The van der Waals surface area contributed by atoms with Crippen molar-refractivity contribution in [1.82, 2.24) is 0 Å². The van der Waals surface area contributed by atoms with Crippen LogP contribution in [0.1, 0.15) is 19.8 Å². The van der Waals surface area contributed by atoms with E-state index in [1.165, 1.54) is 6.08 Å². The molecule has 0 aromatic rings. The van der Waals surface area contributed by atoms with Gasteiger partial charge >= 0.3 is 5.97 Å². The van der Waals surface area contributed by atoms with E-state index in [0.717, 1.165) is 0 Å². The second-order valence-electron chi connectivity index (χ2n) is 2.67. The molecule has 0 aliphatic heterocycles. The van der Waals surface area contributed by atoms with Crippen LogP contribution in [-0.4, -0.2) is 16.9 Å². The van der Waals surface area contributed by atoms with Crippen molar-refractivity contribution < 1.29 is 14.7 Å². The molecule has 0 saturated heterocycles. The van der Waals surface area contributed by atoms with Crippen LogP contribution in [-0.2, 0) is 9.59 Å². The third-order valence-electron chi connectivity index (χ3n) is 1.58. The number of Topliss-reactive ketones (excluding diaryl/α,β-unsaturated/α-hetero) is 1. The number of carbonyl (C=O) groups is 2. The van der Waals surface area contributed by atoms with Crippen molar-refractivity contribution in [2.45, 2.75) is 19.8 Å². The molecule has 76 valence electrons. The largest absolute Gasteiger partial charge is 0.481 e. The summed E-state index contributed by atoms with van der Waals surface area (Å²) in [5, 5.41) is 8.38. The number of aliphatic carboxylic acids is 1. The third-order valence-corrected chi connectivity index (χ3v) is 1.58. The maximum Gasteiger partial charge on any atom is 0.303 e. The fourth-order valence-corrected chi connectivity index (χ4v) is 0.840. The summed E-state index contributed by atoms with van der Waals surface area (Å²) >= 11 is 0. The van der Waals surface area contributed by atoms with E-state index in [-0.39, 0.29) is 18.6 Å². The summed E-state index contributed by atoms with van der Waals surface area (Å²) in [5.74, 6) is -1.16. The molecular weight excluding hydrogens is 180 g/mol. The van der Waals surface area contributed by atoms with Crippen molar-refractivity contribution >= 4 is 11.8 Å². The fraction of sp³-hybridized carbons (Fsp3) is 0.273. The van der Waals surface area contributed by atoms with Crippen LogP contribution < -0.4 is 0 Å². The summed E-state index contributed by atoms with van der Waals surface area (Å²) < 4.78 is 0. The molecule has 0 aromatic carbocycles. The Bertz CT molecular complexity index is 285. The molecule has 0 aliphatic rings. The van der Waals surface area contributed by atoms with Crippen molar-refractivity contribution in [2.24, 2.45) is 0 Å². The number of carboxylic acids is 1. The van der Waals surface area contributed by atoms with Gasteiger partial charge in [0, 0.05) is 12.0 Å². The molecule has 0 spiro atoms. The molecule has 0 bridgehead atoms. The Morgan fingerprint density at radius 1 is 1.36 bits per heavy atom. The fourth-order valence-electron chi connectivity index (χ4n) is 0.840. The molecule has 0 aliphatic carbocycles. The molecule has 0 aromatic heterocycles. The van der Waals surface area contributed by atoms with Crippen LogP contribution in [0.4, 0.5) is 0 Å². The number of carbonyl (C=O) groups excluding carboxylic acids is 1. The highest BCUT2D eigenvalue weighted by Crippen LogP contribution is 2.04. The lowest BCUT2D eigenvalue weighted by Gasteiger charge is -1.97. The quantitative estimate of drug-likeness (QED) is 0.520. The van der Waals surface area contributed by atoms with Gasteiger partial charge in [0.1, 0.15) is 0 Å². The molecule has 14 heavy (non-hydrogen) atoms. The van der Waals surface area contributed by atoms with Gasteiger partial charge in [-0.05, 0) is 6.92 Å². The lowest BCUT2D eigenvalue weighted by atomic mass is 10.1. The maximum absolute atomic E-state index is 11.3. The molecule has 0 saturated carbocycles. The van der Waals surface area contributed by atoms with Crippen molar-refractivity contribution in [3.8, 4) is 0 Å². The Morgan fingerprint density at radius 2 is 2.00 bits per heavy atom. The molecule has 0 atom stereocenters. The van der Waals surface area contributed by atoms with E-state index in [9.17, 15) is 9.59 Å². The van der Waals surface area contributed by atoms with Crippen molar-refractivity contribution in [3.63, 3.8) is 0 Å². The van der Waals surface area contributed by atoms with Gasteiger partial charge in [-0.2, -0.15) is 0 Å². The predicted molar refractivity (Wildman–Crippen MR) is 55.0 cm³/mol. The van der Waals surface area contributed by atoms with E-state index in [4.69, 9.17) is 5.11 Å². The average molecular weight is 194 g/mol. The Balaban J connectivity index is 4.32. The minimum Gasteiger partial charge on any atom is -0.481 e. The zero-order valence-corrected chi connectivity index (χ0v) is 8.19. The number of carboxylic acid groups (broad SMARTS) is 1. The molecule has 0 radical (unpaired) electrons. The van der Waals surface area contributed by atoms with Crippen LogP contribution in [0, 0.1) is 0 Å². The summed E-state index contributed by atoms with van der Waals surface area (Å²) in [5.41, 5.74) is 0.448. The standard InChI is InChI=1S/C11H14O3/c1-3-5-6-9(4-2)10(12)7-8-11(13)14/h3-6H,2,7-8H2,1H3,(H,13,14)/b5-3-,9-6+. The first-order valence-electron chi connectivity index (χ1n) is 4.32. The summed E-state index contributed by atoms with van der Waals surface area (Å²) in [6, 6.07) is 0. The molecule has 0 rings (SSSR count). The normalized spacial score (nSPS) is 11.6. The zero-order chi connectivity index (χ0) is 11.0. The van der Waals surface area contributed by atoms with Gasteiger partial charge in [0.2, 0.25) is 0 Å². The highest BCUT2D eigenvalue weighted by molar-refractivity contribution is 5.99. The first-order chi connectivity index (χ1) is 6.61. The maximum atomic E-state index is 11.3. The van der Waals surface area contributed by atoms with Gasteiger partial charge in [0.25, 0.3) is 0 Å². The summed E-state index contributed by atoms with van der Waals surface area (Å²) in [7, 11) is 0. The number of hydrogen-bond donors (Lipinski definition) is 1. The molecule has 3 nitrogen and oxygen atoms in total. The van der Waals surface area contributed by atoms with Gasteiger partial charge in [-0.25, -0.2) is 0 Å². The zero-order valence-electron chi connectivity index (χ0n) is 8.19. The van der Waals surface area contributed by atoms with Crippen LogP contribution in [0.2, 0.25) is 0 Å². The molecule has 0 fully saturated rings. The van der Waals surface area contributed by atoms with Crippen molar-refractivity contribution in [3.05, 3.63) is 36.5 Å². The molecule has 0 amide bonds. The topological polar surface area (TPSA) is 54.4 Å². The van der Waals surface area contributed by atoms with Gasteiger partial charge in [0.05, 0.1) is 6.42 Å². The smallest absolute Gasteiger partial charge is 0.303 e. The average Bonchev–Trinajstić information content (AvgIpc) is 2.16. The van der Waals surface area contributed by atoms with Crippen molar-refractivity contribution in [2.75, 3.05) is 0 Å². The molecule has 0 unspecified atom stereocenters. The summed E-state index contributed by atoms with van der Waals surface area (Å²) in [6.07, 6.45) is 6.44. The number of rotatable bonds is 6. The monoisotopic (exact) mass is 194 g/mol. The van der Waals surface area contributed by atoms with E-state index in [2.05, 4.69) is 6.58 Å². The highest BCUT2D eigenvalue weighted by Gasteiger charge is 2.07. The first kappa shape index (κ1) is 12.4. The minimum atomic E-state index is -0.965. The van der Waals surface area contributed by atoms with Crippen LogP contribution >= 0.6 is 0 Å². The third kappa shape index (κ3) is 5.09. The van der Waals surface area contributed by atoms with Crippen LogP contribution in [0.25, 0.3) is 0 Å². The minimum absolute atomic E-state index is 0.0186. The number of ketones is 1. The second kappa shape index (κ2) is 6.83. The molecule has 0 heterocycles. The van der Waals surface area contributed by atoms with Crippen LogP contribution in [0.5, 0.6) is 0 Å². The SMILES string of the molecule is C=C/C(=C\C=C/C)C(=O)CCC(=O)O. The summed E-state index contributed by atoms with van der Waals surface area (Å²) in [4.78, 5) is 21.6. The summed E-state index contributed by atoms with van der Waals surface area (Å²) in [6.45, 7) is 5.32. The van der Waals surface area contributed by atoms with E-state index in [0.29, 0.717) is 5.57 Å². The molecular formula is C11H14O3. The van der Waals surface area contributed by atoms with E-state index in [1.54, 1.807) is 18.2 Å². The Hall–Kier alpha value is -1.64. The number of hydrogen-bond acceptors (Lipinski definition) is 2. The van der Waals surface area contributed by atoms with Gasteiger partial charge in [-0.15, -0.1) is 0 Å². The highest BCUT2D eigenvalue weighted by atomic mass is 16.4. The lowest BCUT2D eigenvalue weighted by Crippen LogP contribution is -2.04. The van der Waals surface area contributed by atoms with Crippen LogP contribution in [0.3, 0.4) is 0 Å². The van der Waals surface area contributed by atoms with E-state index in [1.807, 2.05) is 6.92 Å². The van der Waals surface area contributed by atoms with Gasteiger partial charge in [-0.1, -0.05) is 30.9 Å². The molecule has 3 heteroatoms.